The number of imidazole rings is 1. The smallest absolute Gasteiger partial charge is 0.242 e. The number of amides is 1. The zero-order chi connectivity index (χ0) is 19.3. The Labute approximate surface area is 165 Å². The third-order valence-corrected chi connectivity index (χ3v) is 5.37. The number of nitrogens with zero attached hydrogens (tertiary/aromatic N) is 3. The number of hydrogen-bond acceptors (Lipinski definition) is 3. The minimum absolute atomic E-state index is 0.168. The number of aromatic nitrogens is 2. The molecule has 0 bridgehead atoms. The van der Waals surface area contributed by atoms with Crippen molar-refractivity contribution in [2.75, 3.05) is 13.1 Å². The monoisotopic (exact) mass is 377 g/mol. The molecule has 0 N–H and O–H groups in total. The fraction of sp³-hybridized carbons (Fsp3) is 0.391. The zero-order valence-electron chi connectivity index (χ0n) is 16.4. The van der Waals surface area contributed by atoms with Gasteiger partial charge < -0.3 is 14.2 Å². The summed E-state index contributed by atoms with van der Waals surface area (Å²) in [7, 11) is 0. The molecule has 1 aliphatic heterocycles. The van der Waals surface area contributed by atoms with E-state index in [-0.39, 0.29) is 5.91 Å². The van der Waals surface area contributed by atoms with Gasteiger partial charge in [-0.15, -0.1) is 0 Å². The summed E-state index contributed by atoms with van der Waals surface area (Å²) in [6.45, 7) is 4.43. The van der Waals surface area contributed by atoms with E-state index in [4.69, 9.17) is 9.72 Å². The molecule has 5 heteroatoms. The van der Waals surface area contributed by atoms with Gasteiger partial charge in [-0.2, -0.15) is 0 Å². The Morgan fingerprint density at radius 1 is 1.00 bits per heavy atom. The van der Waals surface area contributed by atoms with Crippen LogP contribution in [-0.2, 0) is 17.9 Å². The molecule has 0 saturated carbocycles. The normalized spacial score (nSPS) is 14.8. The summed E-state index contributed by atoms with van der Waals surface area (Å²) in [5.74, 6) is 1.76. The summed E-state index contributed by atoms with van der Waals surface area (Å²) in [5.41, 5.74) is 3.07. The van der Waals surface area contributed by atoms with Crippen LogP contribution in [0.1, 0.15) is 37.1 Å². The van der Waals surface area contributed by atoms with Crippen molar-refractivity contribution >= 4 is 16.9 Å². The second kappa shape index (κ2) is 8.46. The molecule has 0 aliphatic carbocycles. The standard InChI is InChI=1S/C23H27N3O2/c1-18-10-12-19(13-11-18)28-17-22-24-20-8-4-5-9-21(20)26(22)16-23(27)25-14-6-2-3-7-15-25/h4-5,8-13H,2-3,6-7,14-17H2,1H3. The number of ether oxygens (including phenoxy) is 1. The highest BCUT2D eigenvalue weighted by atomic mass is 16.5. The lowest BCUT2D eigenvalue weighted by Crippen LogP contribution is -2.35. The lowest BCUT2D eigenvalue weighted by atomic mass is 10.2. The summed E-state index contributed by atoms with van der Waals surface area (Å²) < 4.78 is 7.97. The number of para-hydroxylation sites is 2. The van der Waals surface area contributed by atoms with Crippen LogP contribution >= 0.6 is 0 Å². The van der Waals surface area contributed by atoms with E-state index in [1.165, 1.54) is 18.4 Å². The van der Waals surface area contributed by atoms with E-state index >= 15 is 0 Å². The summed E-state index contributed by atoms with van der Waals surface area (Å²) in [6.07, 6.45) is 4.63. The molecule has 2 aromatic carbocycles. The first-order valence-electron chi connectivity index (χ1n) is 10.1. The molecule has 5 nitrogen and oxygen atoms in total. The molecule has 1 amide bonds. The second-order valence-corrected chi connectivity index (χ2v) is 7.50. The van der Waals surface area contributed by atoms with Crippen molar-refractivity contribution in [3.63, 3.8) is 0 Å². The van der Waals surface area contributed by atoms with Crippen LogP contribution in [0, 0.1) is 6.92 Å². The average Bonchev–Trinajstić information content (AvgIpc) is 2.88. The van der Waals surface area contributed by atoms with Gasteiger partial charge in [0.05, 0.1) is 11.0 Å². The fourth-order valence-corrected chi connectivity index (χ4v) is 3.75. The molecule has 2 heterocycles. The van der Waals surface area contributed by atoms with Crippen molar-refractivity contribution in [1.82, 2.24) is 14.5 Å². The Hall–Kier alpha value is -2.82. The van der Waals surface area contributed by atoms with Crippen LogP contribution in [0.4, 0.5) is 0 Å². The number of benzene rings is 2. The molecule has 1 fully saturated rings. The second-order valence-electron chi connectivity index (χ2n) is 7.50. The lowest BCUT2D eigenvalue weighted by molar-refractivity contribution is -0.131. The summed E-state index contributed by atoms with van der Waals surface area (Å²) in [4.78, 5) is 19.7. The highest BCUT2D eigenvalue weighted by Gasteiger charge is 2.19. The van der Waals surface area contributed by atoms with Gasteiger partial charge >= 0.3 is 0 Å². The van der Waals surface area contributed by atoms with Crippen LogP contribution in [-0.4, -0.2) is 33.4 Å². The van der Waals surface area contributed by atoms with Crippen LogP contribution in [0.5, 0.6) is 5.75 Å². The number of hydrogen-bond donors (Lipinski definition) is 0. The van der Waals surface area contributed by atoms with E-state index in [1.54, 1.807) is 0 Å². The highest BCUT2D eigenvalue weighted by molar-refractivity contribution is 5.81. The summed E-state index contributed by atoms with van der Waals surface area (Å²) in [6, 6.07) is 15.9. The number of carbonyl (C=O) groups excluding carboxylic acids is 1. The lowest BCUT2D eigenvalue weighted by Gasteiger charge is -2.21. The molecule has 0 unspecified atom stereocenters. The number of likely N-dealkylation sites (tertiary alicyclic amines) is 1. The predicted octanol–water partition coefficient (Wildman–Crippen LogP) is 4.33. The van der Waals surface area contributed by atoms with E-state index in [1.807, 2.05) is 58.0 Å². The van der Waals surface area contributed by atoms with E-state index in [2.05, 4.69) is 6.92 Å². The zero-order valence-corrected chi connectivity index (χ0v) is 16.4. The molecule has 1 saturated heterocycles. The van der Waals surface area contributed by atoms with E-state index in [0.29, 0.717) is 13.2 Å². The molecule has 4 rings (SSSR count). The first-order chi connectivity index (χ1) is 13.7. The van der Waals surface area contributed by atoms with Crippen molar-refractivity contribution in [1.29, 1.82) is 0 Å². The molecule has 1 aliphatic rings. The van der Waals surface area contributed by atoms with Gasteiger partial charge in [-0.05, 0) is 44.0 Å². The topological polar surface area (TPSA) is 47.4 Å². The van der Waals surface area contributed by atoms with Crippen LogP contribution < -0.4 is 4.74 Å². The van der Waals surface area contributed by atoms with Gasteiger partial charge in [-0.3, -0.25) is 4.79 Å². The molecule has 0 atom stereocenters. The van der Waals surface area contributed by atoms with Crippen LogP contribution in [0.2, 0.25) is 0 Å². The molecular formula is C23H27N3O2. The maximum Gasteiger partial charge on any atom is 0.242 e. The molecule has 0 radical (unpaired) electrons. The van der Waals surface area contributed by atoms with Crippen molar-refractivity contribution in [3.05, 3.63) is 59.9 Å². The van der Waals surface area contributed by atoms with Crippen LogP contribution in [0.25, 0.3) is 11.0 Å². The van der Waals surface area contributed by atoms with Crippen LogP contribution in [0.15, 0.2) is 48.5 Å². The number of carbonyl (C=O) groups is 1. The number of rotatable bonds is 5. The Bertz CT molecular complexity index is 938. The van der Waals surface area contributed by atoms with Gasteiger partial charge in [0.1, 0.15) is 24.7 Å². The third-order valence-electron chi connectivity index (χ3n) is 5.37. The fourth-order valence-electron chi connectivity index (χ4n) is 3.75. The Balaban J connectivity index is 1.56. The SMILES string of the molecule is Cc1ccc(OCc2nc3ccccc3n2CC(=O)N2CCCCCC2)cc1. The van der Waals surface area contributed by atoms with E-state index in [0.717, 1.165) is 48.5 Å². The van der Waals surface area contributed by atoms with Crippen molar-refractivity contribution in [2.24, 2.45) is 0 Å². The highest BCUT2D eigenvalue weighted by Crippen LogP contribution is 2.20. The molecule has 28 heavy (non-hydrogen) atoms. The quantitative estimate of drug-likeness (QED) is 0.665. The van der Waals surface area contributed by atoms with Gasteiger partial charge in [0.2, 0.25) is 5.91 Å². The Morgan fingerprint density at radius 2 is 1.71 bits per heavy atom. The van der Waals surface area contributed by atoms with Crippen molar-refractivity contribution in [2.45, 2.75) is 45.8 Å². The predicted molar refractivity (Wildman–Crippen MR) is 110 cm³/mol. The number of aryl methyl sites for hydroxylation is 1. The summed E-state index contributed by atoms with van der Waals surface area (Å²) in [5, 5.41) is 0. The van der Waals surface area contributed by atoms with Crippen molar-refractivity contribution < 1.29 is 9.53 Å². The maximum atomic E-state index is 13.0. The minimum atomic E-state index is 0.168. The molecule has 0 spiro atoms. The maximum absolute atomic E-state index is 13.0. The van der Waals surface area contributed by atoms with Gasteiger partial charge in [0, 0.05) is 13.1 Å². The van der Waals surface area contributed by atoms with E-state index < -0.39 is 0 Å². The molecule has 146 valence electrons. The van der Waals surface area contributed by atoms with Crippen molar-refractivity contribution in [3.8, 4) is 5.75 Å². The Morgan fingerprint density at radius 3 is 2.46 bits per heavy atom. The molecule has 3 aromatic rings. The van der Waals surface area contributed by atoms with Gasteiger partial charge in [0.15, 0.2) is 0 Å². The summed E-state index contributed by atoms with van der Waals surface area (Å²) >= 11 is 0. The third kappa shape index (κ3) is 4.19. The minimum Gasteiger partial charge on any atom is -0.486 e. The first-order valence-corrected chi connectivity index (χ1v) is 10.1. The number of fused-ring (bicyclic) bond motifs is 1. The van der Waals surface area contributed by atoms with E-state index in [9.17, 15) is 4.79 Å². The largest absolute Gasteiger partial charge is 0.486 e. The van der Waals surface area contributed by atoms with Gasteiger partial charge in [-0.1, -0.05) is 42.7 Å². The van der Waals surface area contributed by atoms with Gasteiger partial charge in [0.25, 0.3) is 0 Å². The molecular weight excluding hydrogens is 350 g/mol. The Kier molecular flexibility index (Phi) is 5.60. The average molecular weight is 377 g/mol. The first kappa shape index (κ1) is 18.5. The van der Waals surface area contributed by atoms with Gasteiger partial charge in [-0.25, -0.2) is 4.98 Å². The van der Waals surface area contributed by atoms with Crippen LogP contribution in [0.3, 0.4) is 0 Å². The molecule has 1 aromatic heterocycles.